The third-order valence-electron chi connectivity index (χ3n) is 4.04. The van der Waals surface area contributed by atoms with Crippen molar-refractivity contribution in [3.05, 3.63) is 64.7 Å². The minimum Gasteiger partial charge on any atom is -0.350 e. The van der Waals surface area contributed by atoms with Crippen LogP contribution < -0.4 is 10.6 Å². The molecule has 0 heterocycles. The number of sulfonamides is 1. The van der Waals surface area contributed by atoms with E-state index in [4.69, 9.17) is 11.6 Å². The second kappa shape index (κ2) is 9.18. The van der Waals surface area contributed by atoms with Crippen LogP contribution in [0.5, 0.6) is 0 Å². The van der Waals surface area contributed by atoms with Crippen LogP contribution in [0.3, 0.4) is 0 Å². The van der Waals surface area contributed by atoms with Gasteiger partial charge in [-0.05, 0) is 30.7 Å². The summed E-state index contributed by atoms with van der Waals surface area (Å²) in [5, 5.41) is 5.51. The molecule has 0 saturated carbocycles. The number of hydrogen-bond acceptors (Lipinski definition) is 4. The van der Waals surface area contributed by atoms with Crippen LogP contribution in [-0.2, 0) is 21.4 Å². The molecular formula is C19H22ClN3O4S. The van der Waals surface area contributed by atoms with Crippen LogP contribution in [0.2, 0.25) is 5.02 Å². The van der Waals surface area contributed by atoms with Crippen molar-refractivity contribution in [3.63, 3.8) is 0 Å². The van der Waals surface area contributed by atoms with Gasteiger partial charge in [0.2, 0.25) is 15.9 Å². The maximum Gasteiger partial charge on any atom is 0.253 e. The molecule has 150 valence electrons. The Kier molecular flexibility index (Phi) is 7.17. The van der Waals surface area contributed by atoms with Gasteiger partial charge in [0.15, 0.2) is 0 Å². The SMILES string of the molecule is C[C@H](NC(=O)c1ccccc1Cl)C(=O)NCc1ccccc1S(=O)(=O)N(C)C. The van der Waals surface area contributed by atoms with Crippen molar-refractivity contribution in [2.75, 3.05) is 14.1 Å². The number of halogens is 1. The predicted octanol–water partition coefficient (Wildman–Crippen LogP) is 2.03. The van der Waals surface area contributed by atoms with Gasteiger partial charge in [-0.2, -0.15) is 0 Å². The smallest absolute Gasteiger partial charge is 0.253 e. The third kappa shape index (κ3) is 5.09. The van der Waals surface area contributed by atoms with Crippen LogP contribution in [-0.4, -0.2) is 44.7 Å². The minimum absolute atomic E-state index is 0.00831. The average molecular weight is 424 g/mol. The van der Waals surface area contributed by atoms with E-state index >= 15 is 0 Å². The minimum atomic E-state index is -3.64. The molecule has 2 aromatic carbocycles. The highest BCUT2D eigenvalue weighted by molar-refractivity contribution is 7.89. The molecule has 0 saturated heterocycles. The van der Waals surface area contributed by atoms with Crippen molar-refractivity contribution < 1.29 is 18.0 Å². The van der Waals surface area contributed by atoms with Gasteiger partial charge in [0.25, 0.3) is 5.91 Å². The van der Waals surface area contributed by atoms with Crippen molar-refractivity contribution in [2.45, 2.75) is 24.4 Å². The zero-order chi connectivity index (χ0) is 20.9. The van der Waals surface area contributed by atoms with E-state index in [-0.39, 0.29) is 22.0 Å². The summed E-state index contributed by atoms with van der Waals surface area (Å²) in [6, 6.07) is 12.1. The average Bonchev–Trinajstić information content (AvgIpc) is 2.66. The van der Waals surface area contributed by atoms with E-state index in [2.05, 4.69) is 10.6 Å². The largest absolute Gasteiger partial charge is 0.350 e. The summed E-state index contributed by atoms with van der Waals surface area (Å²) in [6.07, 6.45) is 0. The summed E-state index contributed by atoms with van der Waals surface area (Å²) < 4.78 is 25.9. The molecule has 0 bridgehead atoms. The molecule has 0 unspecified atom stereocenters. The fourth-order valence-corrected chi connectivity index (χ4v) is 3.76. The van der Waals surface area contributed by atoms with Crippen molar-refractivity contribution in [1.82, 2.24) is 14.9 Å². The van der Waals surface area contributed by atoms with E-state index in [0.717, 1.165) is 4.31 Å². The zero-order valence-corrected chi connectivity index (χ0v) is 17.3. The van der Waals surface area contributed by atoms with E-state index in [1.165, 1.54) is 27.1 Å². The molecule has 2 amide bonds. The molecule has 0 aliphatic rings. The first kappa shape index (κ1) is 21.9. The second-order valence-corrected chi connectivity index (χ2v) is 8.82. The monoisotopic (exact) mass is 423 g/mol. The number of rotatable bonds is 7. The van der Waals surface area contributed by atoms with Crippen molar-refractivity contribution >= 4 is 33.4 Å². The van der Waals surface area contributed by atoms with Crippen LogP contribution in [0.25, 0.3) is 0 Å². The zero-order valence-electron chi connectivity index (χ0n) is 15.8. The summed E-state index contributed by atoms with van der Waals surface area (Å²) in [5.41, 5.74) is 0.723. The van der Waals surface area contributed by atoms with Gasteiger partial charge in [-0.3, -0.25) is 9.59 Å². The van der Waals surface area contributed by atoms with Crippen LogP contribution in [0, 0.1) is 0 Å². The van der Waals surface area contributed by atoms with Crippen molar-refractivity contribution in [2.24, 2.45) is 0 Å². The summed E-state index contributed by atoms with van der Waals surface area (Å²) >= 11 is 5.99. The number of carbonyl (C=O) groups excluding carboxylic acids is 2. The molecule has 0 fully saturated rings. The summed E-state index contributed by atoms with van der Waals surface area (Å²) in [4.78, 5) is 24.7. The predicted molar refractivity (Wildman–Crippen MR) is 108 cm³/mol. The van der Waals surface area contributed by atoms with Crippen LogP contribution in [0.15, 0.2) is 53.4 Å². The van der Waals surface area contributed by atoms with Gasteiger partial charge in [-0.15, -0.1) is 0 Å². The molecule has 0 aliphatic heterocycles. The number of hydrogen-bond donors (Lipinski definition) is 2. The molecule has 0 spiro atoms. The lowest BCUT2D eigenvalue weighted by Gasteiger charge is -2.17. The number of nitrogens with zero attached hydrogens (tertiary/aromatic N) is 1. The van der Waals surface area contributed by atoms with Crippen LogP contribution >= 0.6 is 11.6 Å². The molecule has 9 heteroatoms. The Labute approximate surface area is 169 Å². The fourth-order valence-electron chi connectivity index (χ4n) is 2.42. The fraction of sp³-hybridized carbons (Fsp3) is 0.263. The summed E-state index contributed by atoms with van der Waals surface area (Å²) in [5.74, 6) is -0.915. The standard InChI is InChI=1S/C19H22ClN3O4S/c1-13(22-19(25)15-9-5-6-10-16(15)20)18(24)21-12-14-8-4-7-11-17(14)28(26,27)23(2)3/h4-11,13H,12H2,1-3H3,(H,21,24)(H,22,25)/t13-/m0/s1. The van der Waals surface area contributed by atoms with Gasteiger partial charge in [0.1, 0.15) is 6.04 Å². The second-order valence-electron chi connectivity index (χ2n) is 6.29. The Hall–Kier alpha value is -2.42. The molecule has 0 radical (unpaired) electrons. The molecular weight excluding hydrogens is 402 g/mol. The first-order valence-corrected chi connectivity index (χ1v) is 10.3. The first-order chi connectivity index (χ1) is 13.1. The maximum atomic E-state index is 12.4. The van der Waals surface area contributed by atoms with Gasteiger partial charge >= 0.3 is 0 Å². The van der Waals surface area contributed by atoms with Crippen LogP contribution in [0.1, 0.15) is 22.8 Å². The Morgan fingerprint density at radius 3 is 2.32 bits per heavy atom. The Bertz CT molecular complexity index is 977. The van der Waals surface area contributed by atoms with Crippen molar-refractivity contribution in [1.29, 1.82) is 0 Å². The normalized spacial score (nSPS) is 12.5. The Morgan fingerprint density at radius 2 is 1.68 bits per heavy atom. The highest BCUT2D eigenvalue weighted by Crippen LogP contribution is 2.18. The van der Waals surface area contributed by atoms with E-state index < -0.39 is 27.9 Å². The molecule has 7 nitrogen and oxygen atoms in total. The molecule has 2 aromatic rings. The number of nitrogens with one attached hydrogen (secondary N) is 2. The van der Waals surface area contributed by atoms with Gasteiger partial charge in [0, 0.05) is 20.6 Å². The van der Waals surface area contributed by atoms with E-state index in [1.807, 2.05) is 0 Å². The summed E-state index contributed by atoms with van der Waals surface area (Å²) in [6.45, 7) is 1.54. The Balaban J connectivity index is 2.05. The summed E-state index contributed by atoms with van der Waals surface area (Å²) in [7, 11) is -0.755. The molecule has 1 atom stereocenters. The first-order valence-electron chi connectivity index (χ1n) is 8.48. The van der Waals surface area contributed by atoms with Gasteiger partial charge in [-0.1, -0.05) is 41.9 Å². The highest BCUT2D eigenvalue weighted by Gasteiger charge is 2.22. The lowest BCUT2D eigenvalue weighted by atomic mass is 10.2. The third-order valence-corrected chi connectivity index (χ3v) is 6.29. The quantitative estimate of drug-likeness (QED) is 0.712. The van der Waals surface area contributed by atoms with Crippen molar-refractivity contribution in [3.8, 4) is 0 Å². The van der Waals surface area contributed by atoms with Gasteiger partial charge in [-0.25, -0.2) is 12.7 Å². The van der Waals surface area contributed by atoms with E-state index in [0.29, 0.717) is 5.56 Å². The highest BCUT2D eigenvalue weighted by atomic mass is 35.5. The molecule has 2 rings (SSSR count). The van der Waals surface area contributed by atoms with Gasteiger partial charge < -0.3 is 10.6 Å². The number of carbonyl (C=O) groups is 2. The lowest BCUT2D eigenvalue weighted by molar-refractivity contribution is -0.122. The van der Waals surface area contributed by atoms with E-state index in [1.54, 1.807) is 42.5 Å². The maximum absolute atomic E-state index is 12.4. The molecule has 28 heavy (non-hydrogen) atoms. The lowest BCUT2D eigenvalue weighted by Crippen LogP contribution is -2.44. The number of amides is 2. The van der Waals surface area contributed by atoms with Gasteiger partial charge in [0.05, 0.1) is 15.5 Å². The van der Waals surface area contributed by atoms with E-state index in [9.17, 15) is 18.0 Å². The molecule has 0 aliphatic carbocycles. The number of benzene rings is 2. The molecule has 0 aromatic heterocycles. The topological polar surface area (TPSA) is 95.6 Å². The molecule has 2 N–H and O–H groups in total. The Morgan fingerprint density at radius 1 is 1.07 bits per heavy atom. The van der Waals surface area contributed by atoms with Crippen LogP contribution in [0.4, 0.5) is 0 Å².